The molecule has 0 bridgehead atoms. The molecule has 1 unspecified atom stereocenters. The molecule has 1 saturated heterocycles. The number of benzene rings is 2. The fourth-order valence-corrected chi connectivity index (χ4v) is 11.0. The molecule has 0 spiro atoms. The molecule has 3 fully saturated rings. The van der Waals surface area contributed by atoms with Crippen molar-refractivity contribution in [1.82, 2.24) is 29.5 Å². The van der Waals surface area contributed by atoms with Crippen LogP contribution in [0.5, 0.6) is 0 Å². The number of fused-ring (bicyclic) bond motifs is 3. The average Bonchev–Trinajstić information content (AvgIpc) is 4.09. The fraction of sp³-hybridized carbons (Fsp3) is 0.525. The van der Waals surface area contributed by atoms with Crippen molar-refractivity contribution in [3.05, 3.63) is 81.7 Å². The minimum Gasteiger partial charge on any atom is -0.444 e. The van der Waals surface area contributed by atoms with Crippen LogP contribution in [0, 0.1) is 21.8 Å². The Balaban J connectivity index is 1.24. The number of alkyl carbamates (subject to hydrolysis) is 1. The van der Waals surface area contributed by atoms with Gasteiger partial charge in [-0.2, -0.15) is 4.31 Å². The van der Waals surface area contributed by atoms with Gasteiger partial charge in [0, 0.05) is 43.6 Å². The topological polar surface area (TPSA) is 261 Å². The SMILES string of the molecule is CC(C)(C)OC(=O)N[C@H]1CCN(S(=O)(=O)c2ccccc2[N+](=O)[O-])CC/C=C\[C@@H]2C[C@@]2(C(=O)NS(=O)(=O)C2CC2)NC(=O)[C@@H]2CC(OC(=O)N3Cc4cccc(F)c4C3)CN2C1=O. The summed E-state index contributed by atoms with van der Waals surface area (Å²) < 4.78 is 83.1. The van der Waals surface area contributed by atoms with Crippen molar-refractivity contribution in [2.75, 3.05) is 19.6 Å². The van der Waals surface area contributed by atoms with E-state index in [1.165, 1.54) is 41.3 Å². The standard InChI is InChI=1S/C40H48FN7O13S2/c1-39(2,3)61-37(52)42-30-16-18-46(63(58,59)33-13-5-4-12-31(33)48(54)55)17-7-6-10-25-20-40(25,36(51)44-62(56,57)27-14-15-27)43-34(49)32-19-26(22-47(32)35(30)50)60-38(53)45-21-24-9-8-11-29(41)28(24)23-45/h4-6,8-13,25-27,30,32H,7,14-23H2,1-3H3,(H,42,52)(H,43,49)(H,44,51)/b10-6-/t25-,26?,30+,32+,40-/m1/s1. The fourth-order valence-electron chi connectivity index (χ4n) is 8.05. The molecule has 340 valence electrons. The van der Waals surface area contributed by atoms with Gasteiger partial charge in [0.15, 0.2) is 4.90 Å². The highest BCUT2D eigenvalue weighted by molar-refractivity contribution is 7.91. The largest absolute Gasteiger partial charge is 0.444 e. The van der Waals surface area contributed by atoms with Crippen LogP contribution in [0.3, 0.4) is 0 Å². The van der Waals surface area contributed by atoms with E-state index in [9.17, 15) is 55.3 Å². The molecule has 5 aliphatic rings. The molecular formula is C40H48FN7O13S2. The van der Waals surface area contributed by atoms with Crippen LogP contribution >= 0.6 is 0 Å². The van der Waals surface area contributed by atoms with Gasteiger partial charge in [0.25, 0.3) is 11.6 Å². The second kappa shape index (κ2) is 17.1. The number of ether oxygens (including phenoxy) is 2. The number of para-hydroxylation sites is 1. The molecule has 0 aromatic heterocycles. The van der Waals surface area contributed by atoms with Crippen LogP contribution in [-0.4, -0.2) is 120 Å². The Morgan fingerprint density at radius 1 is 1.00 bits per heavy atom. The minimum absolute atomic E-state index is 0.0228. The van der Waals surface area contributed by atoms with Crippen LogP contribution in [0.25, 0.3) is 0 Å². The number of carbonyl (C=O) groups is 5. The predicted octanol–water partition coefficient (Wildman–Crippen LogP) is 2.57. The zero-order chi connectivity index (χ0) is 45.6. The summed E-state index contributed by atoms with van der Waals surface area (Å²) in [6, 6.07) is 6.04. The lowest BCUT2D eigenvalue weighted by Crippen LogP contribution is -2.58. The van der Waals surface area contributed by atoms with Gasteiger partial charge in [-0.15, -0.1) is 0 Å². The van der Waals surface area contributed by atoms with Crippen LogP contribution in [0.4, 0.5) is 19.7 Å². The van der Waals surface area contributed by atoms with Crippen LogP contribution in [0.15, 0.2) is 59.5 Å². The molecule has 5 amide bonds. The maximum absolute atomic E-state index is 14.8. The number of amides is 5. The first-order chi connectivity index (χ1) is 29.6. The number of nitro groups is 1. The van der Waals surface area contributed by atoms with E-state index in [-0.39, 0.29) is 38.9 Å². The van der Waals surface area contributed by atoms with E-state index < -0.39 is 131 Å². The molecule has 2 aromatic carbocycles. The normalized spacial score (nSPS) is 26.2. The van der Waals surface area contributed by atoms with Gasteiger partial charge in [0.05, 0.1) is 23.3 Å². The summed E-state index contributed by atoms with van der Waals surface area (Å²) in [7, 11) is -8.77. The van der Waals surface area contributed by atoms with Gasteiger partial charge < -0.3 is 25.0 Å². The van der Waals surface area contributed by atoms with Crippen molar-refractivity contribution < 1.29 is 59.6 Å². The third kappa shape index (κ3) is 9.78. The van der Waals surface area contributed by atoms with Crippen molar-refractivity contribution >= 4 is 55.6 Å². The van der Waals surface area contributed by atoms with Crippen LogP contribution in [-0.2, 0) is 57.0 Å². The highest BCUT2D eigenvalue weighted by Crippen LogP contribution is 2.46. The first-order valence-electron chi connectivity index (χ1n) is 20.4. The summed E-state index contributed by atoms with van der Waals surface area (Å²) in [6.07, 6.45) is -0.250. The molecule has 3 heterocycles. The molecule has 5 atom stereocenters. The number of nitrogens with zero attached hydrogens (tertiary/aromatic N) is 4. The smallest absolute Gasteiger partial charge is 0.410 e. The molecule has 2 aromatic rings. The molecular weight excluding hydrogens is 870 g/mol. The number of carbonyl (C=O) groups excluding carboxylic acids is 5. The van der Waals surface area contributed by atoms with Crippen LogP contribution < -0.4 is 15.4 Å². The third-order valence-corrected chi connectivity index (χ3v) is 15.3. The molecule has 0 radical (unpaired) electrons. The van der Waals surface area contributed by atoms with Gasteiger partial charge in [-0.05, 0) is 70.6 Å². The van der Waals surface area contributed by atoms with E-state index in [0.29, 0.717) is 24.0 Å². The molecule has 3 aliphatic heterocycles. The molecule has 63 heavy (non-hydrogen) atoms. The summed E-state index contributed by atoms with van der Waals surface area (Å²) in [4.78, 5) is 82.7. The quantitative estimate of drug-likeness (QED) is 0.196. The monoisotopic (exact) mass is 917 g/mol. The highest BCUT2D eigenvalue weighted by atomic mass is 32.2. The third-order valence-electron chi connectivity index (χ3n) is 11.5. The Morgan fingerprint density at radius 3 is 2.41 bits per heavy atom. The van der Waals surface area contributed by atoms with Gasteiger partial charge in [-0.1, -0.05) is 36.4 Å². The number of hydrogen-bond acceptors (Lipinski definition) is 13. The second-order valence-electron chi connectivity index (χ2n) is 17.3. The summed E-state index contributed by atoms with van der Waals surface area (Å²) in [5, 5.41) is 16.3. The Bertz CT molecular complexity index is 2480. The predicted molar refractivity (Wildman–Crippen MR) is 218 cm³/mol. The van der Waals surface area contributed by atoms with Gasteiger partial charge in [0.2, 0.25) is 31.9 Å². The summed E-state index contributed by atoms with van der Waals surface area (Å²) >= 11 is 0. The van der Waals surface area contributed by atoms with E-state index in [0.717, 1.165) is 21.3 Å². The zero-order valence-corrected chi connectivity index (χ0v) is 36.3. The van der Waals surface area contributed by atoms with Gasteiger partial charge in [-0.25, -0.2) is 30.8 Å². The zero-order valence-electron chi connectivity index (χ0n) is 34.7. The number of rotatable bonds is 8. The van der Waals surface area contributed by atoms with Crippen molar-refractivity contribution in [3.8, 4) is 0 Å². The van der Waals surface area contributed by atoms with Crippen LogP contribution in [0.1, 0.15) is 70.4 Å². The Morgan fingerprint density at radius 2 is 1.73 bits per heavy atom. The van der Waals surface area contributed by atoms with E-state index in [1.807, 2.05) is 0 Å². The first kappa shape index (κ1) is 45.3. The summed E-state index contributed by atoms with van der Waals surface area (Å²) in [5.74, 6) is -4.16. The number of halogens is 1. The van der Waals surface area contributed by atoms with Crippen molar-refractivity contribution in [3.63, 3.8) is 0 Å². The maximum atomic E-state index is 14.8. The van der Waals surface area contributed by atoms with Crippen molar-refractivity contribution in [1.29, 1.82) is 0 Å². The highest BCUT2D eigenvalue weighted by Gasteiger charge is 2.62. The van der Waals surface area contributed by atoms with Gasteiger partial charge in [-0.3, -0.25) is 34.1 Å². The molecule has 2 saturated carbocycles. The molecule has 20 nitrogen and oxygen atoms in total. The van der Waals surface area contributed by atoms with Gasteiger partial charge in [0.1, 0.15) is 35.1 Å². The lowest BCUT2D eigenvalue weighted by Gasteiger charge is -2.31. The van der Waals surface area contributed by atoms with Crippen molar-refractivity contribution in [2.24, 2.45) is 5.92 Å². The van der Waals surface area contributed by atoms with Gasteiger partial charge >= 0.3 is 12.2 Å². The van der Waals surface area contributed by atoms with E-state index in [2.05, 4.69) is 15.4 Å². The van der Waals surface area contributed by atoms with E-state index in [4.69, 9.17) is 9.47 Å². The molecule has 7 rings (SSSR count). The number of sulfonamides is 2. The maximum Gasteiger partial charge on any atom is 0.410 e. The van der Waals surface area contributed by atoms with Crippen LogP contribution in [0.2, 0.25) is 0 Å². The number of nitrogens with one attached hydrogen (secondary N) is 3. The minimum atomic E-state index is -4.67. The molecule has 23 heteroatoms. The average molecular weight is 918 g/mol. The molecule has 3 N–H and O–H groups in total. The Kier molecular flexibility index (Phi) is 12.3. The first-order valence-corrected chi connectivity index (χ1v) is 23.4. The van der Waals surface area contributed by atoms with Crippen molar-refractivity contribution in [2.45, 2.75) is 112 Å². The Hall–Kier alpha value is -5.68. The lowest BCUT2D eigenvalue weighted by molar-refractivity contribution is -0.387. The molecule has 2 aliphatic carbocycles. The summed E-state index contributed by atoms with van der Waals surface area (Å²) in [5.41, 5.74) is -2.72. The lowest BCUT2D eigenvalue weighted by atomic mass is 10.1. The van der Waals surface area contributed by atoms with E-state index >= 15 is 0 Å². The second-order valence-corrected chi connectivity index (χ2v) is 21.1. The summed E-state index contributed by atoms with van der Waals surface area (Å²) in [6.45, 7) is 3.40. The van der Waals surface area contributed by atoms with E-state index in [1.54, 1.807) is 26.8 Å². The number of hydrogen-bond donors (Lipinski definition) is 3. The number of nitro benzene ring substituents is 1. The Labute approximate surface area is 362 Å².